The van der Waals surface area contributed by atoms with Crippen molar-refractivity contribution in [1.82, 2.24) is 0 Å². The van der Waals surface area contributed by atoms with Crippen LogP contribution in [0.4, 0.5) is 4.39 Å². The highest BCUT2D eigenvalue weighted by Gasteiger charge is 2.32. The summed E-state index contributed by atoms with van der Waals surface area (Å²) in [5.41, 5.74) is 1.03. The zero-order chi connectivity index (χ0) is 12.5. The van der Waals surface area contributed by atoms with Crippen molar-refractivity contribution in [2.45, 2.75) is 51.6 Å². The Kier molecular flexibility index (Phi) is 3.53. The topological polar surface area (TPSA) is 20.2 Å². The van der Waals surface area contributed by atoms with Crippen molar-refractivity contribution in [3.8, 4) is 0 Å². The second-order valence-electron chi connectivity index (χ2n) is 5.53. The van der Waals surface area contributed by atoms with E-state index in [4.69, 9.17) is 0 Å². The number of rotatable bonds is 1. The minimum Gasteiger partial charge on any atom is -0.385 e. The molecule has 0 aliphatic heterocycles. The summed E-state index contributed by atoms with van der Waals surface area (Å²) in [5.74, 6) is 0.460. The lowest BCUT2D eigenvalue weighted by Gasteiger charge is -2.29. The Labute approximate surface area is 103 Å². The number of aliphatic hydroxyl groups is 1. The number of aryl methyl sites for hydroxylation is 1. The van der Waals surface area contributed by atoms with Crippen LogP contribution in [0.1, 0.15) is 50.2 Å². The molecule has 0 amide bonds. The van der Waals surface area contributed by atoms with Crippen LogP contribution in [0.25, 0.3) is 0 Å². The average Bonchev–Trinajstić information content (AvgIpc) is 2.42. The normalized spacial score (nSPS) is 30.0. The number of hydrogen-bond donors (Lipinski definition) is 1. The van der Waals surface area contributed by atoms with Gasteiger partial charge in [0.15, 0.2) is 0 Å². The third kappa shape index (κ3) is 2.68. The van der Waals surface area contributed by atoms with Crippen molar-refractivity contribution < 1.29 is 9.50 Å². The maximum atomic E-state index is 13.1. The number of halogens is 1. The highest BCUT2D eigenvalue weighted by atomic mass is 19.1. The largest absolute Gasteiger partial charge is 0.385 e. The highest BCUT2D eigenvalue weighted by molar-refractivity contribution is 5.32. The Bertz CT molecular complexity index is 402. The molecule has 1 N–H and O–H groups in total. The van der Waals surface area contributed by atoms with Crippen LogP contribution in [-0.2, 0) is 5.60 Å². The van der Waals surface area contributed by atoms with Crippen LogP contribution in [-0.4, -0.2) is 5.11 Å². The number of benzene rings is 1. The van der Waals surface area contributed by atoms with E-state index in [-0.39, 0.29) is 5.82 Å². The molecule has 17 heavy (non-hydrogen) atoms. The van der Waals surface area contributed by atoms with E-state index in [0.29, 0.717) is 5.92 Å². The lowest BCUT2D eigenvalue weighted by molar-refractivity contribution is 0.0192. The second-order valence-corrected chi connectivity index (χ2v) is 5.53. The zero-order valence-corrected chi connectivity index (χ0v) is 10.7. The van der Waals surface area contributed by atoms with Crippen LogP contribution >= 0.6 is 0 Å². The summed E-state index contributed by atoms with van der Waals surface area (Å²) in [6, 6.07) is 4.72. The first-order valence-electron chi connectivity index (χ1n) is 6.50. The summed E-state index contributed by atoms with van der Waals surface area (Å²) in [6.07, 6.45) is 4.87. The summed E-state index contributed by atoms with van der Waals surface area (Å²) in [5, 5.41) is 10.8. The molecule has 0 aromatic heterocycles. The summed E-state index contributed by atoms with van der Waals surface area (Å²) in [6.45, 7) is 4.12. The maximum Gasteiger partial charge on any atom is 0.123 e. The van der Waals surface area contributed by atoms with Crippen LogP contribution in [0.2, 0.25) is 0 Å². The molecule has 1 nitrogen and oxygen atoms in total. The Morgan fingerprint density at radius 1 is 1.29 bits per heavy atom. The van der Waals surface area contributed by atoms with Crippen molar-refractivity contribution in [3.63, 3.8) is 0 Å². The van der Waals surface area contributed by atoms with Crippen molar-refractivity contribution in [2.24, 2.45) is 5.92 Å². The van der Waals surface area contributed by atoms with E-state index < -0.39 is 5.60 Å². The summed E-state index contributed by atoms with van der Waals surface area (Å²) in [4.78, 5) is 0. The molecule has 2 rings (SSSR count). The molecular formula is C15H21FO. The minimum absolute atomic E-state index is 0.225. The molecule has 1 aromatic carbocycles. The van der Waals surface area contributed by atoms with Gasteiger partial charge in [0, 0.05) is 0 Å². The molecule has 0 bridgehead atoms. The smallest absolute Gasteiger partial charge is 0.123 e. The van der Waals surface area contributed by atoms with E-state index >= 15 is 0 Å². The van der Waals surface area contributed by atoms with Gasteiger partial charge in [0.1, 0.15) is 5.82 Å². The molecule has 0 radical (unpaired) electrons. The van der Waals surface area contributed by atoms with Gasteiger partial charge < -0.3 is 5.11 Å². The van der Waals surface area contributed by atoms with Gasteiger partial charge in [0.05, 0.1) is 5.60 Å². The quantitative estimate of drug-likeness (QED) is 0.733. The van der Waals surface area contributed by atoms with Gasteiger partial charge in [-0.1, -0.05) is 19.4 Å². The molecule has 0 saturated heterocycles. The zero-order valence-electron chi connectivity index (χ0n) is 10.7. The standard InChI is InChI=1S/C15H21FO/c1-11-4-3-8-15(17,9-7-11)14-6-5-13(16)10-12(14)2/h5-6,10-11,17H,3-4,7-9H2,1-2H3. The molecule has 1 aliphatic rings. The Balaban J connectivity index is 2.30. The van der Waals surface area contributed by atoms with E-state index in [1.165, 1.54) is 18.6 Å². The monoisotopic (exact) mass is 236 g/mol. The van der Waals surface area contributed by atoms with E-state index in [2.05, 4.69) is 6.92 Å². The van der Waals surface area contributed by atoms with Crippen LogP contribution < -0.4 is 0 Å². The lowest BCUT2D eigenvalue weighted by atomic mass is 9.84. The van der Waals surface area contributed by atoms with Crippen molar-refractivity contribution in [1.29, 1.82) is 0 Å². The molecule has 0 heterocycles. The molecule has 0 spiro atoms. The first-order valence-corrected chi connectivity index (χ1v) is 6.50. The van der Waals surface area contributed by atoms with E-state index in [9.17, 15) is 9.50 Å². The molecular weight excluding hydrogens is 215 g/mol. The predicted molar refractivity (Wildman–Crippen MR) is 67.3 cm³/mol. The van der Waals surface area contributed by atoms with Gasteiger partial charge in [0.25, 0.3) is 0 Å². The maximum absolute atomic E-state index is 13.1. The lowest BCUT2D eigenvalue weighted by Crippen LogP contribution is -2.26. The summed E-state index contributed by atoms with van der Waals surface area (Å²) < 4.78 is 13.1. The van der Waals surface area contributed by atoms with E-state index in [1.807, 2.05) is 6.92 Å². The van der Waals surface area contributed by atoms with Crippen LogP contribution in [0, 0.1) is 18.7 Å². The van der Waals surface area contributed by atoms with Gasteiger partial charge in [0.2, 0.25) is 0 Å². The van der Waals surface area contributed by atoms with Gasteiger partial charge in [-0.25, -0.2) is 4.39 Å². The number of hydrogen-bond acceptors (Lipinski definition) is 1. The first kappa shape index (κ1) is 12.6. The molecule has 1 fully saturated rings. The van der Waals surface area contributed by atoms with Gasteiger partial charge in [-0.2, -0.15) is 0 Å². The van der Waals surface area contributed by atoms with Crippen LogP contribution in [0.15, 0.2) is 18.2 Å². The summed E-state index contributed by atoms with van der Waals surface area (Å²) >= 11 is 0. The van der Waals surface area contributed by atoms with Crippen LogP contribution in [0.5, 0.6) is 0 Å². The van der Waals surface area contributed by atoms with Gasteiger partial charge in [-0.3, -0.25) is 0 Å². The van der Waals surface area contributed by atoms with Crippen molar-refractivity contribution in [2.75, 3.05) is 0 Å². The minimum atomic E-state index is -0.747. The molecule has 1 saturated carbocycles. The molecule has 2 heteroatoms. The summed E-state index contributed by atoms with van der Waals surface area (Å²) in [7, 11) is 0. The van der Waals surface area contributed by atoms with E-state index in [0.717, 1.165) is 36.8 Å². The highest BCUT2D eigenvalue weighted by Crippen LogP contribution is 2.39. The van der Waals surface area contributed by atoms with Crippen molar-refractivity contribution >= 4 is 0 Å². The fourth-order valence-electron chi connectivity index (χ4n) is 2.92. The fraction of sp³-hybridized carbons (Fsp3) is 0.600. The molecule has 1 aliphatic carbocycles. The SMILES string of the molecule is Cc1cc(F)ccc1C1(O)CCCC(C)CC1. The Morgan fingerprint density at radius 2 is 2.06 bits per heavy atom. The average molecular weight is 236 g/mol. The van der Waals surface area contributed by atoms with Crippen LogP contribution in [0.3, 0.4) is 0 Å². The van der Waals surface area contributed by atoms with Gasteiger partial charge >= 0.3 is 0 Å². The molecule has 2 atom stereocenters. The molecule has 94 valence electrons. The Hall–Kier alpha value is -0.890. The van der Waals surface area contributed by atoms with Crippen molar-refractivity contribution in [3.05, 3.63) is 35.1 Å². The third-order valence-corrected chi connectivity index (χ3v) is 4.03. The van der Waals surface area contributed by atoms with E-state index in [1.54, 1.807) is 6.07 Å². The molecule has 1 aromatic rings. The van der Waals surface area contributed by atoms with Gasteiger partial charge in [-0.05, 0) is 61.8 Å². The second kappa shape index (κ2) is 4.77. The predicted octanol–water partition coefficient (Wildman–Crippen LogP) is 3.92. The fourth-order valence-corrected chi connectivity index (χ4v) is 2.92. The third-order valence-electron chi connectivity index (χ3n) is 4.03. The Morgan fingerprint density at radius 3 is 2.76 bits per heavy atom. The van der Waals surface area contributed by atoms with Gasteiger partial charge in [-0.15, -0.1) is 0 Å². The first-order chi connectivity index (χ1) is 8.01. The molecule has 2 unspecified atom stereocenters.